The summed E-state index contributed by atoms with van der Waals surface area (Å²) in [5.41, 5.74) is 6.23. The predicted molar refractivity (Wildman–Crippen MR) is 63.9 cm³/mol. The van der Waals surface area contributed by atoms with Crippen molar-refractivity contribution in [1.82, 2.24) is 5.32 Å². The lowest BCUT2D eigenvalue weighted by molar-refractivity contribution is -0.120. The van der Waals surface area contributed by atoms with Crippen molar-refractivity contribution in [1.29, 1.82) is 0 Å². The third-order valence-corrected chi connectivity index (χ3v) is 2.48. The number of amides is 1. The Hall–Kier alpha value is -2.07. The molecule has 0 fully saturated rings. The van der Waals surface area contributed by atoms with Gasteiger partial charge in [0.2, 0.25) is 5.91 Å². The SMILES string of the molecule is NC(=O)[C@H](NCc1ccco1)c1ccccc1. The Morgan fingerprint density at radius 2 is 2.00 bits per heavy atom. The molecule has 1 atom stereocenters. The van der Waals surface area contributed by atoms with Crippen LogP contribution in [-0.4, -0.2) is 5.91 Å². The van der Waals surface area contributed by atoms with Gasteiger partial charge in [0.1, 0.15) is 11.8 Å². The van der Waals surface area contributed by atoms with Gasteiger partial charge in [-0.3, -0.25) is 10.1 Å². The lowest BCUT2D eigenvalue weighted by atomic mass is 10.1. The monoisotopic (exact) mass is 230 g/mol. The average Bonchev–Trinajstić information content (AvgIpc) is 2.83. The Labute approximate surface area is 99.4 Å². The Balaban J connectivity index is 2.06. The minimum atomic E-state index is -0.499. The predicted octanol–water partition coefficient (Wildman–Crippen LogP) is 1.60. The quantitative estimate of drug-likeness (QED) is 0.819. The van der Waals surface area contributed by atoms with Gasteiger partial charge in [0.15, 0.2) is 0 Å². The van der Waals surface area contributed by atoms with Crippen LogP contribution in [-0.2, 0) is 11.3 Å². The summed E-state index contributed by atoms with van der Waals surface area (Å²) in [4.78, 5) is 11.4. The van der Waals surface area contributed by atoms with Crippen LogP contribution in [0.2, 0.25) is 0 Å². The molecular formula is C13H14N2O2. The van der Waals surface area contributed by atoms with E-state index >= 15 is 0 Å². The number of nitrogens with one attached hydrogen (secondary N) is 1. The summed E-state index contributed by atoms with van der Waals surface area (Å²) in [5.74, 6) is 0.370. The molecule has 17 heavy (non-hydrogen) atoms. The lowest BCUT2D eigenvalue weighted by Gasteiger charge is -2.14. The van der Waals surface area contributed by atoms with E-state index in [4.69, 9.17) is 10.2 Å². The molecule has 1 amide bonds. The van der Waals surface area contributed by atoms with E-state index < -0.39 is 11.9 Å². The van der Waals surface area contributed by atoms with Crippen LogP contribution < -0.4 is 11.1 Å². The van der Waals surface area contributed by atoms with Crippen molar-refractivity contribution in [3.05, 3.63) is 60.1 Å². The van der Waals surface area contributed by atoms with Crippen LogP contribution in [0.5, 0.6) is 0 Å². The second kappa shape index (κ2) is 5.32. The van der Waals surface area contributed by atoms with Gasteiger partial charge in [-0.1, -0.05) is 30.3 Å². The number of benzene rings is 1. The third-order valence-electron chi connectivity index (χ3n) is 2.48. The van der Waals surface area contributed by atoms with E-state index in [1.807, 2.05) is 36.4 Å². The van der Waals surface area contributed by atoms with Crippen LogP contribution in [0.15, 0.2) is 53.1 Å². The van der Waals surface area contributed by atoms with E-state index in [1.165, 1.54) is 0 Å². The number of hydrogen-bond donors (Lipinski definition) is 2. The number of rotatable bonds is 5. The fraction of sp³-hybridized carbons (Fsp3) is 0.154. The van der Waals surface area contributed by atoms with Crippen molar-refractivity contribution in [2.45, 2.75) is 12.6 Å². The number of nitrogens with two attached hydrogens (primary N) is 1. The summed E-state index contributed by atoms with van der Waals surface area (Å²) in [6, 6.07) is 12.5. The molecule has 2 aromatic rings. The molecule has 3 N–H and O–H groups in total. The molecule has 1 aromatic carbocycles. The van der Waals surface area contributed by atoms with Gasteiger partial charge in [0.25, 0.3) is 0 Å². The summed E-state index contributed by atoms with van der Waals surface area (Å²) >= 11 is 0. The molecular weight excluding hydrogens is 216 g/mol. The Kier molecular flexibility index (Phi) is 3.57. The van der Waals surface area contributed by atoms with E-state index in [2.05, 4.69) is 5.32 Å². The highest BCUT2D eigenvalue weighted by atomic mass is 16.3. The zero-order valence-corrected chi connectivity index (χ0v) is 9.30. The fourth-order valence-electron chi connectivity index (χ4n) is 1.64. The first kappa shape index (κ1) is 11.4. The van der Waals surface area contributed by atoms with Crippen LogP contribution in [0.1, 0.15) is 17.4 Å². The van der Waals surface area contributed by atoms with Gasteiger partial charge in [-0.2, -0.15) is 0 Å². The van der Waals surface area contributed by atoms with Crippen molar-refractivity contribution in [3.8, 4) is 0 Å². The number of furan rings is 1. The highest BCUT2D eigenvalue weighted by molar-refractivity contribution is 5.81. The number of carbonyl (C=O) groups excluding carboxylic acids is 1. The van der Waals surface area contributed by atoms with Gasteiger partial charge in [-0.25, -0.2) is 0 Å². The van der Waals surface area contributed by atoms with Crippen LogP contribution in [0.3, 0.4) is 0 Å². The highest BCUT2D eigenvalue weighted by Gasteiger charge is 2.16. The second-order valence-corrected chi connectivity index (χ2v) is 3.71. The fourth-order valence-corrected chi connectivity index (χ4v) is 1.64. The summed E-state index contributed by atoms with van der Waals surface area (Å²) < 4.78 is 5.18. The first-order chi connectivity index (χ1) is 8.27. The van der Waals surface area contributed by atoms with Crippen molar-refractivity contribution in [3.63, 3.8) is 0 Å². The molecule has 0 aliphatic rings. The molecule has 2 rings (SSSR count). The zero-order valence-electron chi connectivity index (χ0n) is 9.30. The van der Waals surface area contributed by atoms with E-state index in [9.17, 15) is 4.79 Å². The molecule has 0 aliphatic heterocycles. The Morgan fingerprint density at radius 1 is 1.24 bits per heavy atom. The van der Waals surface area contributed by atoms with Crippen LogP contribution >= 0.6 is 0 Å². The van der Waals surface area contributed by atoms with E-state index in [1.54, 1.807) is 12.3 Å². The summed E-state index contributed by atoms with van der Waals surface area (Å²) in [6.45, 7) is 0.468. The molecule has 0 saturated carbocycles. The lowest BCUT2D eigenvalue weighted by Crippen LogP contribution is -2.33. The molecule has 88 valence electrons. The first-order valence-corrected chi connectivity index (χ1v) is 5.37. The molecule has 4 nitrogen and oxygen atoms in total. The molecule has 1 heterocycles. The topological polar surface area (TPSA) is 68.3 Å². The van der Waals surface area contributed by atoms with Gasteiger partial charge in [-0.15, -0.1) is 0 Å². The molecule has 0 saturated heterocycles. The maximum atomic E-state index is 11.4. The van der Waals surface area contributed by atoms with Crippen LogP contribution in [0, 0.1) is 0 Å². The number of hydrogen-bond acceptors (Lipinski definition) is 3. The van der Waals surface area contributed by atoms with Gasteiger partial charge in [-0.05, 0) is 17.7 Å². The molecule has 0 aliphatic carbocycles. The molecule has 0 unspecified atom stereocenters. The van der Waals surface area contributed by atoms with E-state index in [-0.39, 0.29) is 0 Å². The third kappa shape index (κ3) is 2.95. The number of primary amides is 1. The largest absolute Gasteiger partial charge is 0.468 e. The minimum Gasteiger partial charge on any atom is -0.468 e. The van der Waals surface area contributed by atoms with E-state index in [0.717, 1.165) is 11.3 Å². The summed E-state index contributed by atoms with van der Waals surface area (Å²) in [6.07, 6.45) is 1.60. The smallest absolute Gasteiger partial charge is 0.239 e. The highest BCUT2D eigenvalue weighted by Crippen LogP contribution is 2.13. The van der Waals surface area contributed by atoms with Gasteiger partial charge >= 0.3 is 0 Å². The van der Waals surface area contributed by atoms with Crippen LogP contribution in [0.4, 0.5) is 0 Å². The molecule has 4 heteroatoms. The van der Waals surface area contributed by atoms with Crippen molar-refractivity contribution < 1.29 is 9.21 Å². The van der Waals surface area contributed by atoms with Crippen molar-refractivity contribution >= 4 is 5.91 Å². The van der Waals surface area contributed by atoms with Crippen molar-refractivity contribution in [2.24, 2.45) is 5.73 Å². The second-order valence-electron chi connectivity index (χ2n) is 3.71. The maximum absolute atomic E-state index is 11.4. The zero-order chi connectivity index (χ0) is 12.1. The minimum absolute atomic E-state index is 0.400. The Bertz CT molecular complexity index is 465. The van der Waals surface area contributed by atoms with Gasteiger partial charge in [0.05, 0.1) is 12.8 Å². The molecule has 0 bridgehead atoms. The average molecular weight is 230 g/mol. The Morgan fingerprint density at radius 3 is 2.59 bits per heavy atom. The first-order valence-electron chi connectivity index (χ1n) is 5.37. The molecule has 0 spiro atoms. The van der Waals surface area contributed by atoms with E-state index in [0.29, 0.717) is 6.54 Å². The normalized spacial score (nSPS) is 12.2. The summed E-state index contributed by atoms with van der Waals surface area (Å²) in [5, 5.41) is 3.07. The van der Waals surface area contributed by atoms with Crippen molar-refractivity contribution in [2.75, 3.05) is 0 Å². The maximum Gasteiger partial charge on any atom is 0.239 e. The van der Waals surface area contributed by atoms with Gasteiger partial charge < -0.3 is 10.2 Å². The van der Waals surface area contributed by atoms with Gasteiger partial charge in [0, 0.05) is 0 Å². The summed E-state index contributed by atoms with van der Waals surface area (Å²) in [7, 11) is 0. The standard InChI is InChI=1S/C13H14N2O2/c14-13(16)12(10-5-2-1-3-6-10)15-9-11-7-4-8-17-11/h1-8,12,15H,9H2,(H2,14,16)/t12-/m1/s1. The molecule has 0 radical (unpaired) electrons. The molecule has 1 aromatic heterocycles. The number of carbonyl (C=O) groups is 1. The van der Waals surface area contributed by atoms with Crippen LogP contribution in [0.25, 0.3) is 0 Å².